The summed E-state index contributed by atoms with van der Waals surface area (Å²) in [5, 5.41) is 12.9. The van der Waals surface area contributed by atoms with Crippen molar-refractivity contribution in [3.05, 3.63) is 0 Å². The van der Waals surface area contributed by atoms with Crippen LogP contribution in [-0.4, -0.2) is 29.3 Å². The molecule has 0 aromatic rings. The van der Waals surface area contributed by atoms with Crippen molar-refractivity contribution < 1.29 is 5.11 Å². The standard InChI is InChI=1S/C8H18N2O/c1-3-4-7(2,9)8(11)5-10-6-8/h10-11H,3-6,9H2,1-2H3. The molecule has 0 spiro atoms. The van der Waals surface area contributed by atoms with Crippen molar-refractivity contribution in [1.29, 1.82) is 0 Å². The first-order valence-electron chi connectivity index (χ1n) is 4.24. The molecule has 0 bridgehead atoms. The molecule has 4 N–H and O–H groups in total. The maximum absolute atomic E-state index is 9.88. The molecular formula is C8H18N2O. The van der Waals surface area contributed by atoms with Crippen molar-refractivity contribution in [1.82, 2.24) is 5.32 Å². The van der Waals surface area contributed by atoms with Gasteiger partial charge in [0.25, 0.3) is 0 Å². The van der Waals surface area contributed by atoms with E-state index in [2.05, 4.69) is 12.2 Å². The van der Waals surface area contributed by atoms with Crippen LogP contribution in [0, 0.1) is 0 Å². The highest BCUT2D eigenvalue weighted by molar-refractivity contribution is 5.08. The van der Waals surface area contributed by atoms with E-state index in [0.29, 0.717) is 13.1 Å². The smallest absolute Gasteiger partial charge is 0.107 e. The van der Waals surface area contributed by atoms with Gasteiger partial charge < -0.3 is 16.2 Å². The van der Waals surface area contributed by atoms with Crippen molar-refractivity contribution in [2.75, 3.05) is 13.1 Å². The topological polar surface area (TPSA) is 58.3 Å². The Morgan fingerprint density at radius 2 is 2.18 bits per heavy atom. The van der Waals surface area contributed by atoms with Crippen LogP contribution in [0.25, 0.3) is 0 Å². The maximum Gasteiger partial charge on any atom is 0.107 e. The number of rotatable bonds is 3. The minimum Gasteiger partial charge on any atom is -0.385 e. The normalized spacial score (nSPS) is 27.3. The van der Waals surface area contributed by atoms with Crippen molar-refractivity contribution in [3.63, 3.8) is 0 Å². The molecule has 1 heterocycles. The zero-order valence-corrected chi connectivity index (χ0v) is 7.35. The Morgan fingerprint density at radius 1 is 1.64 bits per heavy atom. The van der Waals surface area contributed by atoms with Gasteiger partial charge in [-0.15, -0.1) is 0 Å². The molecule has 0 amide bonds. The van der Waals surface area contributed by atoms with Crippen LogP contribution >= 0.6 is 0 Å². The molecule has 1 aliphatic heterocycles. The van der Waals surface area contributed by atoms with E-state index in [-0.39, 0.29) is 0 Å². The van der Waals surface area contributed by atoms with Gasteiger partial charge in [-0.05, 0) is 13.3 Å². The Bertz CT molecular complexity index is 141. The quantitative estimate of drug-likeness (QED) is 0.535. The SMILES string of the molecule is CCCC(C)(N)C1(O)CNC1. The van der Waals surface area contributed by atoms with Crippen LogP contribution < -0.4 is 11.1 Å². The van der Waals surface area contributed by atoms with Gasteiger partial charge in [-0.2, -0.15) is 0 Å². The van der Waals surface area contributed by atoms with Crippen LogP contribution in [0.3, 0.4) is 0 Å². The monoisotopic (exact) mass is 158 g/mol. The second kappa shape index (κ2) is 2.73. The lowest BCUT2D eigenvalue weighted by Gasteiger charge is -2.49. The Kier molecular flexibility index (Phi) is 2.23. The predicted octanol–water partition coefficient (Wildman–Crippen LogP) is -0.162. The van der Waals surface area contributed by atoms with E-state index in [0.717, 1.165) is 12.8 Å². The molecule has 3 heteroatoms. The second-order valence-electron chi connectivity index (χ2n) is 3.80. The summed E-state index contributed by atoms with van der Waals surface area (Å²) in [4.78, 5) is 0. The summed E-state index contributed by atoms with van der Waals surface area (Å²) in [7, 11) is 0. The number of hydrogen-bond donors (Lipinski definition) is 3. The summed E-state index contributed by atoms with van der Waals surface area (Å²) in [6.07, 6.45) is 1.90. The van der Waals surface area contributed by atoms with Gasteiger partial charge in [-0.1, -0.05) is 13.3 Å². The van der Waals surface area contributed by atoms with Crippen molar-refractivity contribution in [3.8, 4) is 0 Å². The fourth-order valence-corrected chi connectivity index (χ4v) is 1.52. The molecule has 1 aliphatic rings. The van der Waals surface area contributed by atoms with E-state index >= 15 is 0 Å². The molecular weight excluding hydrogens is 140 g/mol. The molecule has 0 aromatic heterocycles. The fourth-order valence-electron chi connectivity index (χ4n) is 1.52. The summed E-state index contributed by atoms with van der Waals surface area (Å²) >= 11 is 0. The van der Waals surface area contributed by atoms with Gasteiger partial charge in [0, 0.05) is 18.6 Å². The highest BCUT2D eigenvalue weighted by Gasteiger charge is 2.47. The molecule has 0 radical (unpaired) electrons. The first kappa shape index (κ1) is 8.97. The van der Waals surface area contributed by atoms with E-state index in [1.807, 2.05) is 6.92 Å². The van der Waals surface area contributed by atoms with E-state index in [1.54, 1.807) is 0 Å². The van der Waals surface area contributed by atoms with E-state index in [9.17, 15) is 5.11 Å². The van der Waals surface area contributed by atoms with Crippen molar-refractivity contribution in [2.24, 2.45) is 5.73 Å². The molecule has 0 aliphatic carbocycles. The summed E-state index contributed by atoms with van der Waals surface area (Å²) < 4.78 is 0. The first-order valence-corrected chi connectivity index (χ1v) is 4.24. The third-order valence-corrected chi connectivity index (χ3v) is 2.67. The molecule has 3 nitrogen and oxygen atoms in total. The molecule has 0 saturated carbocycles. The predicted molar refractivity (Wildman–Crippen MR) is 45.3 cm³/mol. The Morgan fingerprint density at radius 3 is 2.45 bits per heavy atom. The zero-order chi connectivity index (χ0) is 8.54. The zero-order valence-electron chi connectivity index (χ0n) is 7.35. The molecule has 11 heavy (non-hydrogen) atoms. The lowest BCUT2D eigenvalue weighted by atomic mass is 9.75. The van der Waals surface area contributed by atoms with E-state index < -0.39 is 11.1 Å². The van der Waals surface area contributed by atoms with Crippen LogP contribution in [-0.2, 0) is 0 Å². The van der Waals surface area contributed by atoms with Gasteiger partial charge in [0.05, 0.1) is 0 Å². The van der Waals surface area contributed by atoms with E-state index in [1.165, 1.54) is 0 Å². The number of β-amino-alcohol motifs (C(OH)–C–C–N with tert-alkyl or cyclic N) is 1. The second-order valence-corrected chi connectivity index (χ2v) is 3.80. The van der Waals surface area contributed by atoms with Gasteiger partial charge in [-0.3, -0.25) is 0 Å². The van der Waals surface area contributed by atoms with Crippen LogP contribution in [0.4, 0.5) is 0 Å². The largest absolute Gasteiger partial charge is 0.385 e. The van der Waals surface area contributed by atoms with Crippen LogP contribution in [0.5, 0.6) is 0 Å². The van der Waals surface area contributed by atoms with Crippen LogP contribution in [0.15, 0.2) is 0 Å². The van der Waals surface area contributed by atoms with Gasteiger partial charge in [0.2, 0.25) is 0 Å². The fraction of sp³-hybridized carbons (Fsp3) is 1.00. The molecule has 1 fully saturated rings. The summed E-state index contributed by atoms with van der Waals surface area (Å²) in [5.74, 6) is 0. The molecule has 1 rings (SSSR count). The third-order valence-electron chi connectivity index (χ3n) is 2.67. The van der Waals surface area contributed by atoms with Crippen molar-refractivity contribution in [2.45, 2.75) is 37.8 Å². The average Bonchev–Trinajstić information content (AvgIpc) is 1.82. The first-order chi connectivity index (χ1) is 5.02. The minimum atomic E-state index is -0.664. The third kappa shape index (κ3) is 1.41. The molecule has 1 saturated heterocycles. The highest BCUT2D eigenvalue weighted by atomic mass is 16.3. The Labute approximate surface area is 68.0 Å². The number of nitrogens with two attached hydrogens (primary N) is 1. The number of hydrogen-bond acceptors (Lipinski definition) is 3. The molecule has 66 valence electrons. The molecule has 1 atom stereocenters. The molecule has 1 unspecified atom stereocenters. The van der Waals surface area contributed by atoms with Gasteiger partial charge >= 0.3 is 0 Å². The van der Waals surface area contributed by atoms with Gasteiger partial charge in [-0.25, -0.2) is 0 Å². The van der Waals surface area contributed by atoms with Gasteiger partial charge in [0.1, 0.15) is 5.60 Å². The van der Waals surface area contributed by atoms with E-state index in [4.69, 9.17) is 5.73 Å². The number of nitrogens with one attached hydrogen (secondary N) is 1. The highest BCUT2D eigenvalue weighted by Crippen LogP contribution is 2.27. The van der Waals surface area contributed by atoms with Crippen LogP contribution in [0.1, 0.15) is 26.7 Å². The lowest BCUT2D eigenvalue weighted by Crippen LogP contribution is -2.74. The Hall–Kier alpha value is -0.120. The van der Waals surface area contributed by atoms with Gasteiger partial charge in [0.15, 0.2) is 0 Å². The van der Waals surface area contributed by atoms with Crippen molar-refractivity contribution >= 4 is 0 Å². The Balaban J connectivity index is 2.55. The maximum atomic E-state index is 9.88. The number of aliphatic hydroxyl groups is 1. The summed E-state index contributed by atoms with van der Waals surface area (Å²) in [5.41, 5.74) is 4.89. The average molecular weight is 158 g/mol. The molecule has 0 aromatic carbocycles. The van der Waals surface area contributed by atoms with Crippen LogP contribution in [0.2, 0.25) is 0 Å². The lowest BCUT2D eigenvalue weighted by molar-refractivity contribution is -0.0729. The summed E-state index contributed by atoms with van der Waals surface area (Å²) in [6.45, 7) is 5.29. The summed E-state index contributed by atoms with van der Waals surface area (Å²) in [6, 6.07) is 0. The minimum absolute atomic E-state index is 0.424.